The summed E-state index contributed by atoms with van der Waals surface area (Å²) in [5, 5.41) is 8.84. The summed E-state index contributed by atoms with van der Waals surface area (Å²) in [5.41, 5.74) is 1.12. The molecule has 2 aromatic rings. The van der Waals surface area contributed by atoms with Gasteiger partial charge in [-0.25, -0.2) is 0 Å². The number of nitrogens with zero attached hydrogens (tertiary/aromatic N) is 3. The Labute approximate surface area is 114 Å². The van der Waals surface area contributed by atoms with Gasteiger partial charge in [0.05, 0.1) is 11.3 Å². The van der Waals surface area contributed by atoms with E-state index in [4.69, 9.17) is 0 Å². The SMILES string of the molecule is C=CCCN(C(=C)NC)c1nn(C)c2ccccc12. The molecule has 0 aliphatic carbocycles. The normalized spacial score (nSPS) is 10.4. The highest BCUT2D eigenvalue weighted by atomic mass is 15.4. The third-order valence-electron chi connectivity index (χ3n) is 3.17. The molecule has 0 spiro atoms. The number of hydrogen-bond donors (Lipinski definition) is 1. The van der Waals surface area contributed by atoms with Crippen molar-refractivity contribution in [3.63, 3.8) is 0 Å². The molecule has 0 radical (unpaired) electrons. The summed E-state index contributed by atoms with van der Waals surface area (Å²) in [6.07, 6.45) is 2.78. The standard InChI is InChI=1S/C15H20N4/c1-5-6-11-19(12(2)16-3)15-13-9-7-8-10-14(13)18(4)17-15/h5,7-10,16H,1-2,6,11H2,3-4H3. The molecule has 0 saturated carbocycles. The topological polar surface area (TPSA) is 33.1 Å². The largest absolute Gasteiger partial charge is 0.375 e. The van der Waals surface area contributed by atoms with Crippen LogP contribution in [0.25, 0.3) is 10.9 Å². The number of rotatable bonds is 6. The Morgan fingerprint density at radius 2 is 2.21 bits per heavy atom. The summed E-state index contributed by atoms with van der Waals surface area (Å²) in [4.78, 5) is 2.09. The van der Waals surface area contributed by atoms with Gasteiger partial charge in [0, 0.05) is 26.0 Å². The predicted octanol–water partition coefficient (Wildman–Crippen LogP) is 2.65. The molecule has 0 unspecified atom stereocenters. The van der Waals surface area contributed by atoms with Gasteiger partial charge >= 0.3 is 0 Å². The average molecular weight is 256 g/mol. The van der Waals surface area contributed by atoms with E-state index >= 15 is 0 Å². The zero-order valence-corrected chi connectivity index (χ0v) is 11.6. The van der Waals surface area contributed by atoms with E-state index in [1.165, 1.54) is 0 Å². The molecule has 1 aromatic carbocycles. The molecule has 1 aromatic heterocycles. The lowest BCUT2D eigenvalue weighted by Gasteiger charge is -2.24. The van der Waals surface area contributed by atoms with Gasteiger partial charge in [-0.1, -0.05) is 24.8 Å². The van der Waals surface area contributed by atoms with E-state index in [1.807, 2.05) is 37.0 Å². The zero-order chi connectivity index (χ0) is 13.8. The second kappa shape index (κ2) is 5.61. The number of nitrogens with one attached hydrogen (secondary N) is 1. The third kappa shape index (κ3) is 2.47. The van der Waals surface area contributed by atoms with E-state index < -0.39 is 0 Å². The van der Waals surface area contributed by atoms with Crippen molar-refractivity contribution < 1.29 is 0 Å². The van der Waals surface area contributed by atoms with Crippen LogP contribution in [0.5, 0.6) is 0 Å². The quantitative estimate of drug-likeness (QED) is 0.807. The molecule has 2 rings (SSSR count). The molecule has 1 N–H and O–H groups in total. The maximum atomic E-state index is 4.62. The van der Waals surface area contributed by atoms with Crippen molar-refractivity contribution in [2.45, 2.75) is 6.42 Å². The average Bonchev–Trinajstić information content (AvgIpc) is 2.77. The van der Waals surface area contributed by atoms with Crippen LogP contribution in [0.2, 0.25) is 0 Å². The molecule has 4 nitrogen and oxygen atoms in total. The molecular weight excluding hydrogens is 236 g/mol. The number of benzene rings is 1. The van der Waals surface area contributed by atoms with Crippen LogP contribution in [0.1, 0.15) is 6.42 Å². The van der Waals surface area contributed by atoms with Crippen LogP contribution in [0.4, 0.5) is 5.82 Å². The molecule has 1 heterocycles. The minimum Gasteiger partial charge on any atom is -0.375 e. The maximum Gasteiger partial charge on any atom is 0.164 e. The summed E-state index contributed by atoms with van der Waals surface area (Å²) < 4.78 is 1.90. The van der Waals surface area contributed by atoms with Gasteiger partial charge < -0.3 is 10.2 Å². The van der Waals surface area contributed by atoms with Crippen molar-refractivity contribution in [1.82, 2.24) is 15.1 Å². The first-order valence-corrected chi connectivity index (χ1v) is 6.36. The molecular formula is C15H20N4. The van der Waals surface area contributed by atoms with Crippen LogP contribution >= 0.6 is 0 Å². The molecule has 100 valence electrons. The second-order valence-electron chi connectivity index (χ2n) is 4.39. The van der Waals surface area contributed by atoms with Gasteiger partial charge in [-0.15, -0.1) is 6.58 Å². The number of fused-ring (bicyclic) bond motifs is 1. The highest BCUT2D eigenvalue weighted by Crippen LogP contribution is 2.27. The van der Waals surface area contributed by atoms with E-state index in [0.717, 1.165) is 35.5 Å². The molecule has 0 amide bonds. The fourth-order valence-corrected chi connectivity index (χ4v) is 2.12. The lowest BCUT2D eigenvalue weighted by atomic mass is 10.2. The monoisotopic (exact) mass is 256 g/mol. The Morgan fingerprint density at radius 1 is 1.47 bits per heavy atom. The summed E-state index contributed by atoms with van der Waals surface area (Å²) in [6, 6.07) is 8.21. The van der Waals surface area contributed by atoms with Crippen LogP contribution < -0.4 is 10.2 Å². The minimum absolute atomic E-state index is 0.810. The first-order valence-electron chi connectivity index (χ1n) is 6.36. The third-order valence-corrected chi connectivity index (χ3v) is 3.17. The molecule has 0 fully saturated rings. The number of para-hydroxylation sites is 1. The molecule has 0 saturated heterocycles. The van der Waals surface area contributed by atoms with E-state index in [-0.39, 0.29) is 0 Å². The van der Waals surface area contributed by atoms with Gasteiger partial charge in [0.25, 0.3) is 0 Å². The molecule has 4 heteroatoms. The van der Waals surface area contributed by atoms with Crippen LogP contribution in [0.15, 0.2) is 49.3 Å². The predicted molar refractivity (Wildman–Crippen MR) is 81.1 cm³/mol. The van der Waals surface area contributed by atoms with Crippen molar-refractivity contribution in [3.8, 4) is 0 Å². The lowest BCUT2D eigenvalue weighted by Crippen LogP contribution is -2.30. The Bertz CT molecular complexity index is 597. The van der Waals surface area contributed by atoms with E-state index in [0.29, 0.717) is 0 Å². The zero-order valence-electron chi connectivity index (χ0n) is 11.6. The van der Waals surface area contributed by atoms with E-state index in [2.05, 4.69) is 40.6 Å². The summed E-state index contributed by atoms with van der Waals surface area (Å²) in [6.45, 7) is 8.64. The van der Waals surface area contributed by atoms with Crippen molar-refractivity contribution >= 4 is 16.7 Å². The van der Waals surface area contributed by atoms with Crippen molar-refractivity contribution in [3.05, 3.63) is 49.3 Å². The molecule has 0 atom stereocenters. The summed E-state index contributed by atoms with van der Waals surface area (Å²) in [7, 11) is 3.83. The second-order valence-corrected chi connectivity index (χ2v) is 4.39. The lowest BCUT2D eigenvalue weighted by molar-refractivity contribution is 0.755. The van der Waals surface area contributed by atoms with Gasteiger partial charge in [0.2, 0.25) is 0 Å². The highest BCUT2D eigenvalue weighted by Gasteiger charge is 2.16. The number of aryl methyl sites for hydroxylation is 1. The molecule has 0 aliphatic rings. The number of anilines is 1. The fourth-order valence-electron chi connectivity index (χ4n) is 2.12. The van der Waals surface area contributed by atoms with Gasteiger partial charge in [0.15, 0.2) is 5.82 Å². The summed E-state index contributed by atoms with van der Waals surface area (Å²) >= 11 is 0. The van der Waals surface area contributed by atoms with Crippen molar-refractivity contribution in [1.29, 1.82) is 0 Å². The molecule has 0 bridgehead atoms. The first kappa shape index (κ1) is 13.2. The van der Waals surface area contributed by atoms with Crippen LogP contribution in [0.3, 0.4) is 0 Å². The number of hydrogen-bond acceptors (Lipinski definition) is 3. The first-order chi connectivity index (χ1) is 9.19. The molecule has 0 aliphatic heterocycles. The smallest absolute Gasteiger partial charge is 0.164 e. The van der Waals surface area contributed by atoms with E-state index in [9.17, 15) is 0 Å². The fraction of sp³-hybridized carbons (Fsp3) is 0.267. The van der Waals surface area contributed by atoms with E-state index in [1.54, 1.807) is 0 Å². The van der Waals surface area contributed by atoms with Crippen LogP contribution in [-0.4, -0.2) is 23.4 Å². The molecule has 19 heavy (non-hydrogen) atoms. The van der Waals surface area contributed by atoms with Gasteiger partial charge in [-0.2, -0.15) is 5.10 Å². The minimum atomic E-state index is 0.810. The Balaban J connectivity index is 2.49. The van der Waals surface area contributed by atoms with Gasteiger partial charge in [-0.3, -0.25) is 4.68 Å². The van der Waals surface area contributed by atoms with Gasteiger partial charge in [0.1, 0.15) is 0 Å². The Kier molecular flexibility index (Phi) is 3.90. The highest BCUT2D eigenvalue weighted by molar-refractivity contribution is 5.91. The van der Waals surface area contributed by atoms with Gasteiger partial charge in [-0.05, 0) is 18.6 Å². The van der Waals surface area contributed by atoms with Crippen LogP contribution in [0, 0.1) is 0 Å². The van der Waals surface area contributed by atoms with Crippen molar-refractivity contribution in [2.24, 2.45) is 7.05 Å². The van der Waals surface area contributed by atoms with Crippen LogP contribution in [-0.2, 0) is 7.05 Å². The van der Waals surface area contributed by atoms with Crippen molar-refractivity contribution in [2.75, 3.05) is 18.5 Å². The number of aromatic nitrogens is 2. The summed E-state index contributed by atoms with van der Waals surface area (Å²) in [5.74, 6) is 1.77. The Hall–Kier alpha value is -2.23. The maximum absolute atomic E-state index is 4.62. The Morgan fingerprint density at radius 3 is 2.89 bits per heavy atom.